The Balaban J connectivity index is 1.53. The summed E-state index contributed by atoms with van der Waals surface area (Å²) >= 11 is 0. The molecule has 4 rings (SSSR count). The Hall–Kier alpha value is -2.66. The van der Waals surface area contributed by atoms with Crippen molar-refractivity contribution in [3.8, 4) is 0 Å². The maximum Gasteiger partial charge on any atom is 0.244 e. The highest BCUT2D eigenvalue weighted by atomic mass is 16.2. The van der Waals surface area contributed by atoms with E-state index in [9.17, 15) is 9.59 Å². The average Bonchev–Trinajstić information content (AvgIpc) is 3.05. The summed E-state index contributed by atoms with van der Waals surface area (Å²) in [5, 5.41) is 0. The van der Waals surface area contributed by atoms with Crippen LogP contribution in [0.15, 0.2) is 60.7 Å². The minimum Gasteiger partial charge on any atom is -0.315 e. The van der Waals surface area contributed by atoms with Crippen LogP contribution in [0.3, 0.4) is 0 Å². The Morgan fingerprint density at radius 3 is 2.25 bits per heavy atom. The SMILES string of the molecule is CC(=O)N1CC(=O)N2C(Cc3ccccc3)CN(CCc3ccccc3)CC12. The Bertz CT molecular complexity index is 824. The van der Waals surface area contributed by atoms with Crippen molar-refractivity contribution >= 4 is 11.8 Å². The van der Waals surface area contributed by atoms with Crippen LogP contribution in [0.5, 0.6) is 0 Å². The predicted molar refractivity (Wildman–Crippen MR) is 109 cm³/mol. The number of piperazine rings is 1. The fourth-order valence-corrected chi connectivity index (χ4v) is 4.46. The maximum atomic E-state index is 12.7. The molecule has 2 atom stereocenters. The van der Waals surface area contributed by atoms with E-state index in [2.05, 4.69) is 41.3 Å². The zero-order valence-electron chi connectivity index (χ0n) is 16.3. The third kappa shape index (κ3) is 3.94. The number of nitrogens with zero attached hydrogens (tertiary/aromatic N) is 3. The normalized spacial score (nSPS) is 22.4. The van der Waals surface area contributed by atoms with E-state index in [0.717, 1.165) is 32.5 Å². The third-order valence-electron chi connectivity index (χ3n) is 5.84. The molecular formula is C23H27N3O2. The molecule has 0 bridgehead atoms. The summed E-state index contributed by atoms with van der Waals surface area (Å²) in [5.74, 6) is 0.0491. The second-order valence-electron chi connectivity index (χ2n) is 7.77. The maximum absolute atomic E-state index is 12.7. The molecule has 0 N–H and O–H groups in total. The molecule has 2 aromatic rings. The van der Waals surface area contributed by atoms with Gasteiger partial charge in [-0.25, -0.2) is 0 Å². The van der Waals surface area contributed by atoms with Gasteiger partial charge in [0.2, 0.25) is 11.8 Å². The first-order chi connectivity index (χ1) is 13.6. The molecule has 2 heterocycles. The van der Waals surface area contributed by atoms with E-state index < -0.39 is 0 Å². The smallest absolute Gasteiger partial charge is 0.244 e. The van der Waals surface area contributed by atoms with E-state index in [0.29, 0.717) is 0 Å². The van der Waals surface area contributed by atoms with Crippen LogP contribution < -0.4 is 0 Å². The number of hydrogen-bond donors (Lipinski definition) is 0. The molecule has 0 radical (unpaired) electrons. The quantitative estimate of drug-likeness (QED) is 0.802. The summed E-state index contributed by atoms with van der Waals surface area (Å²) in [6.45, 7) is 4.27. The van der Waals surface area contributed by atoms with Gasteiger partial charge in [0.15, 0.2) is 0 Å². The lowest BCUT2D eigenvalue weighted by atomic mass is 10.0. The molecule has 5 heteroatoms. The lowest BCUT2D eigenvalue weighted by Gasteiger charge is -2.45. The summed E-state index contributed by atoms with van der Waals surface area (Å²) in [7, 11) is 0. The highest BCUT2D eigenvalue weighted by Gasteiger charge is 2.46. The number of carbonyl (C=O) groups is 2. The number of amides is 2. The van der Waals surface area contributed by atoms with Crippen LogP contribution in [0.2, 0.25) is 0 Å². The van der Waals surface area contributed by atoms with Crippen molar-refractivity contribution < 1.29 is 9.59 Å². The zero-order valence-corrected chi connectivity index (χ0v) is 16.3. The van der Waals surface area contributed by atoms with Gasteiger partial charge in [-0.15, -0.1) is 0 Å². The van der Waals surface area contributed by atoms with E-state index in [1.807, 2.05) is 29.2 Å². The molecule has 2 saturated heterocycles. The Morgan fingerprint density at radius 2 is 1.61 bits per heavy atom. The van der Waals surface area contributed by atoms with Crippen LogP contribution in [-0.4, -0.2) is 64.9 Å². The highest BCUT2D eigenvalue weighted by Crippen LogP contribution is 2.27. The second kappa shape index (κ2) is 8.15. The van der Waals surface area contributed by atoms with E-state index in [-0.39, 0.29) is 30.6 Å². The number of hydrogen-bond acceptors (Lipinski definition) is 3. The van der Waals surface area contributed by atoms with Gasteiger partial charge >= 0.3 is 0 Å². The predicted octanol–water partition coefficient (Wildman–Crippen LogP) is 2.17. The second-order valence-corrected chi connectivity index (χ2v) is 7.77. The van der Waals surface area contributed by atoms with E-state index >= 15 is 0 Å². The van der Waals surface area contributed by atoms with Crippen molar-refractivity contribution in [3.63, 3.8) is 0 Å². The van der Waals surface area contributed by atoms with Crippen molar-refractivity contribution in [3.05, 3.63) is 71.8 Å². The topological polar surface area (TPSA) is 43.9 Å². The van der Waals surface area contributed by atoms with Crippen molar-refractivity contribution in [2.75, 3.05) is 26.2 Å². The fourth-order valence-electron chi connectivity index (χ4n) is 4.46. The molecule has 2 unspecified atom stereocenters. The molecule has 28 heavy (non-hydrogen) atoms. The number of carbonyl (C=O) groups excluding carboxylic acids is 2. The molecule has 0 aliphatic carbocycles. The first-order valence-electron chi connectivity index (χ1n) is 10.0. The molecule has 2 aromatic carbocycles. The van der Waals surface area contributed by atoms with E-state index in [1.165, 1.54) is 11.1 Å². The summed E-state index contributed by atoms with van der Waals surface area (Å²) in [6, 6.07) is 20.9. The van der Waals surface area contributed by atoms with Gasteiger partial charge in [-0.05, 0) is 24.0 Å². The first kappa shape index (κ1) is 18.7. The third-order valence-corrected chi connectivity index (χ3v) is 5.84. The number of benzene rings is 2. The van der Waals surface area contributed by atoms with Gasteiger partial charge in [0, 0.05) is 26.6 Å². The van der Waals surface area contributed by atoms with Crippen molar-refractivity contribution in [1.82, 2.24) is 14.7 Å². The molecule has 2 aliphatic rings. The molecule has 0 spiro atoms. The molecule has 2 amide bonds. The molecule has 2 fully saturated rings. The minimum absolute atomic E-state index is 0.0239. The fraction of sp³-hybridized carbons (Fsp3) is 0.391. The van der Waals surface area contributed by atoms with Crippen LogP contribution in [0.25, 0.3) is 0 Å². The van der Waals surface area contributed by atoms with Crippen molar-refractivity contribution in [1.29, 1.82) is 0 Å². The molecular weight excluding hydrogens is 350 g/mol. The van der Waals surface area contributed by atoms with Gasteiger partial charge in [-0.3, -0.25) is 14.5 Å². The molecule has 146 valence electrons. The van der Waals surface area contributed by atoms with Crippen LogP contribution in [-0.2, 0) is 22.4 Å². The number of rotatable bonds is 5. The molecule has 5 nitrogen and oxygen atoms in total. The van der Waals surface area contributed by atoms with Gasteiger partial charge in [-0.2, -0.15) is 0 Å². The lowest BCUT2D eigenvalue weighted by Crippen LogP contribution is -2.61. The Morgan fingerprint density at radius 1 is 0.964 bits per heavy atom. The van der Waals surface area contributed by atoms with Crippen molar-refractivity contribution in [2.24, 2.45) is 0 Å². The van der Waals surface area contributed by atoms with Gasteiger partial charge < -0.3 is 9.80 Å². The van der Waals surface area contributed by atoms with Gasteiger partial charge in [0.1, 0.15) is 12.7 Å². The summed E-state index contributed by atoms with van der Waals surface area (Å²) in [6.07, 6.45) is 1.64. The Kier molecular flexibility index (Phi) is 5.44. The standard InChI is InChI=1S/C23H27N3O2/c1-18(27)25-17-23(28)26-21(14-20-10-6-3-7-11-20)15-24(16-22(25)26)13-12-19-8-4-2-5-9-19/h2-11,21-22H,12-17H2,1H3. The molecule has 0 aromatic heterocycles. The van der Waals surface area contributed by atoms with Crippen LogP contribution in [0.1, 0.15) is 18.1 Å². The van der Waals surface area contributed by atoms with Gasteiger partial charge in [0.05, 0.1) is 6.04 Å². The van der Waals surface area contributed by atoms with Gasteiger partial charge in [0.25, 0.3) is 0 Å². The summed E-state index contributed by atoms with van der Waals surface area (Å²) in [4.78, 5) is 31.0. The minimum atomic E-state index is -0.150. The average molecular weight is 377 g/mol. The van der Waals surface area contributed by atoms with Crippen LogP contribution in [0.4, 0.5) is 0 Å². The van der Waals surface area contributed by atoms with Crippen LogP contribution in [0, 0.1) is 0 Å². The lowest BCUT2D eigenvalue weighted by molar-refractivity contribution is -0.135. The van der Waals surface area contributed by atoms with Crippen LogP contribution >= 0.6 is 0 Å². The first-order valence-corrected chi connectivity index (χ1v) is 10.0. The monoisotopic (exact) mass is 377 g/mol. The van der Waals surface area contributed by atoms with Crippen molar-refractivity contribution in [2.45, 2.75) is 32.0 Å². The largest absolute Gasteiger partial charge is 0.315 e. The zero-order chi connectivity index (χ0) is 19.5. The summed E-state index contributed by atoms with van der Waals surface area (Å²) < 4.78 is 0. The van der Waals surface area contributed by atoms with E-state index in [1.54, 1.807) is 11.8 Å². The van der Waals surface area contributed by atoms with E-state index in [4.69, 9.17) is 0 Å². The summed E-state index contributed by atoms with van der Waals surface area (Å²) in [5.41, 5.74) is 2.54. The van der Waals surface area contributed by atoms with Gasteiger partial charge in [-0.1, -0.05) is 60.7 Å². The Labute approximate surface area is 166 Å². The molecule has 0 saturated carbocycles. The number of fused-ring (bicyclic) bond motifs is 1. The molecule has 2 aliphatic heterocycles. The highest BCUT2D eigenvalue weighted by molar-refractivity contribution is 5.88.